The van der Waals surface area contributed by atoms with Gasteiger partial charge in [0.1, 0.15) is 19.0 Å². The number of hydrogen-bond donors (Lipinski definition) is 2. The number of ether oxygens (including phenoxy) is 2. The fraction of sp³-hybridized carbons (Fsp3) is 0.143. The van der Waals surface area contributed by atoms with Crippen molar-refractivity contribution in [1.82, 2.24) is 4.98 Å². The van der Waals surface area contributed by atoms with Crippen molar-refractivity contribution in [2.75, 3.05) is 23.8 Å². The summed E-state index contributed by atoms with van der Waals surface area (Å²) in [5.41, 5.74) is 3.32. The SMILES string of the molecule is Cc1cccc(C(=O)Nc2ccc(Nc3ccc4c(c3)OCCO4)cn2)c1. The van der Waals surface area contributed by atoms with Crippen LogP contribution in [0.3, 0.4) is 0 Å². The summed E-state index contributed by atoms with van der Waals surface area (Å²) in [7, 11) is 0. The van der Waals surface area contributed by atoms with Crippen LogP contribution in [-0.2, 0) is 0 Å². The van der Waals surface area contributed by atoms with E-state index in [0.29, 0.717) is 24.6 Å². The first kappa shape index (κ1) is 16.9. The third-order valence-corrected chi connectivity index (χ3v) is 4.12. The lowest BCUT2D eigenvalue weighted by Crippen LogP contribution is -2.15. The molecule has 6 heteroatoms. The fourth-order valence-corrected chi connectivity index (χ4v) is 2.80. The summed E-state index contributed by atoms with van der Waals surface area (Å²) in [4.78, 5) is 16.6. The number of amides is 1. The van der Waals surface area contributed by atoms with E-state index in [4.69, 9.17) is 9.47 Å². The van der Waals surface area contributed by atoms with E-state index in [1.54, 1.807) is 18.3 Å². The minimum atomic E-state index is -0.182. The molecule has 0 aliphatic carbocycles. The zero-order valence-corrected chi connectivity index (χ0v) is 14.9. The van der Waals surface area contributed by atoms with E-state index in [1.807, 2.05) is 49.4 Å². The summed E-state index contributed by atoms with van der Waals surface area (Å²) in [5, 5.41) is 6.07. The highest BCUT2D eigenvalue weighted by molar-refractivity contribution is 6.03. The third-order valence-electron chi connectivity index (χ3n) is 4.12. The van der Waals surface area contributed by atoms with E-state index in [2.05, 4.69) is 15.6 Å². The van der Waals surface area contributed by atoms with Gasteiger partial charge in [0.15, 0.2) is 11.5 Å². The van der Waals surface area contributed by atoms with Gasteiger partial charge in [0.05, 0.1) is 11.9 Å². The van der Waals surface area contributed by atoms with Crippen molar-refractivity contribution in [1.29, 1.82) is 0 Å². The van der Waals surface area contributed by atoms with E-state index < -0.39 is 0 Å². The Balaban J connectivity index is 1.42. The van der Waals surface area contributed by atoms with Crippen LogP contribution >= 0.6 is 0 Å². The van der Waals surface area contributed by atoms with Crippen LogP contribution in [0.4, 0.5) is 17.2 Å². The molecule has 0 saturated carbocycles. The number of benzene rings is 2. The van der Waals surface area contributed by atoms with E-state index in [1.165, 1.54) is 0 Å². The Morgan fingerprint density at radius 2 is 1.78 bits per heavy atom. The van der Waals surface area contributed by atoms with Crippen molar-refractivity contribution < 1.29 is 14.3 Å². The number of nitrogens with one attached hydrogen (secondary N) is 2. The Morgan fingerprint density at radius 1 is 0.963 bits per heavy atom. The summed E-state index contributed by atoms with van der Waals surface area (Å²) in [6, 6.07) is 16.7. The number of carbonyl (C=O) groups is 1. The van der Waals surface area contributed by atoms with E-state index in [9.17, 15) is 4.79 Å². The predicted molar refractivity (Wildman–Crippen MR) is 104 cm³/mol. The summed E-state index contributed by atoms with van der Waals surface area (Å²) in [6.07, 6.45) is 1.67. The van der Waals surface area contributed by atoms with Crippen molar-refractivity contribution in [2.45, 2.75) is 6.92 Å². The lowest BCUT2D eigenvalue weighted by molar-refractivity contribution is 0.102. The monoisotopic (exact) mass is 361 g/mol. The number of aromatic nitrogens is 1. The van der Waals surface area contributed by atoms with Crippen LogP contribution in [-0.4, -0.2) is 24.1 Å². The molecule has 6 nitrogen and oxygen atoms in total. The second-order valence-corrected chi connectivity index (χ2v) is 6.24. The quantitative estimate of drug-likeness (QED) is 0.730. The number of pyridine rings is 1. The van der Waals surface area contributed by atoms with Crippen molar-refractivity contribution in [3.63, 3.8) is 0 Å². The van der Waals surface area contributed by atoms with Gasteiger partial charge in [0, 0.05) is 17.3 Å². The van der Waals surface area contributed by atoms with E-state index in [0.717, 1.165) is 28.4 Å². The molecular formula is C21H19N3O3. The Kier molecular flexibility index (Phi) is 4.61. The Bertz CT molecular complexity index is 971. The van der Waals surface area contributed by atoms with Gasteiger partial charge in [-0.25, -0.2) is 4.98 Å². The summed E-state index contributed by atoms with van der Waals surface area (Å²) < 4.78 is 11.1. The van der Waals surface area contributed by atoms with Crippen molar-refractivity contribution in [2.24, 2.45) is 0 Å². The molecule has 27 heavy (non-hydrogen) atoms. The molecule has 0 saturated heterocycles. The number of hydrogen-bond acceptors (Lipinski definition) is 5. The van der Waals surface area contributed by atoms with Crippen LogP contribution in [0.15, 0.2) is 60.8 Å². The van der Waals surface area contributed by atoms with Crippen molar-refractivity contribution >= 4 is 23.1 Å². The Hall–Kier alpha value is -3.54. The first-order chi connectivity index (χ1) is 13.2. The molecule has 1 amide bonds. The van der Waals surface area contributed by atoms with Gasteiger partial charge >= 0.3 is 0 Å². The van der Waals surface area contributed by atoms with Gasteiger partial charge in [0.25, 0.3) is 5.91 Å². The molecule has 0 radical (unpaired) electrons. The molecule has 0 spiro atoms. The first-order valence-electron chi connectivity index (χ1n) is 8.68. The molecule has 2 heterocycles. The molecule has 0 unspecified atom stereocenters. The molecule has 3 aromatic rings. The zero-order valence-electron chi connectivity index (χ0n) is 14.9. The Morgan fingerprint density at radius 3 is 2.56 bits per heavy atom. The maximum absolute atomic E-state index is 12.3. The van der Waals surface area contributed by atoms with E-state index >= 15 is 0 Å². The normalized spacial score (nSPS) is 12.3. The van der Waals surface area contributed by atoms with Crippen LogP contribution in [0.5, 0.6) is 11.5 Å². The molecule has 0 bridgehead atoms. The van der Waals surface area contributed by atoms with Gasteiger partial charge in [-0.15, -0.1) is 0 Å². The third kappa shape index (κ3) is 4.00. The number of rotatable bonds is 4. The predicted octanol–water partition coefficient (Wildman–Crippen LogP) is 4.16. The molecular weight excluding hydrogens is 342 g/mol. The average Bonchev–Trinajstić information content (AvgIpc) is 2.69. The van der Waals surface area contributed by atoms with Crippen molar-refractivity contribution in [3.8, 4) is 11.5 Å². The van der Waals surface area contributed by atoms with Crippen LogP contribution in [0.2, 0.25) is 0 Å². The lowest BCUT2D eigenvalue weighted by atomic mass is 10.1. The minimum absolute atomic E-state index is 0.182. The minimum Gasteiger partial charge on any atom is -0.486 e. The molecule has 2 aromatic carbocycles. The van der Waals surface area contributed by atoms with Crippen LogP contribution < -0.4 is 20.1 Å². The molecule has 136 valence electrons. The standard InChI is InChI=1S/C21H19N3O3/c1-14-3-2-4-15(11-14)21(25)24-20-8-6-17(13-22-20)23-16-5-7-18-19(12-16)27-10-9-26-18/h2-8,11-13,23H,9-10H2,1H3,(H,22,24,25). The number of aryl methyl sites for hydroxylation is 1. The van der Waals surface area contributed by atoms with Gasteiger partial charge in [0.2, 0.25) is 0 Å². The number of anilines is 3. The first-order valence-corrected chi connectivity index (χ1v) is 8.68. The highest BCUT2D eigenvalue weighted by atomic mass is 16.6. The number of carbonyl (C=O) groups excluding carboxylic acids is 1. The number of nitrogens with zero attached hydrogens (tertiary/aromatic N) is 1. The largest absolute Gasteiger partial charge is 0.486 e. The summed E-state index contributed by atoms with van der Waals surface area (Å²) >= 11 is 0. The lowest BCUT2D eigenvalue weighted by Gasteiger charge is -2.19. The molecule has 1 aliphatic rings. The number of fused-ring (bicyclic) bond motifs is 1. The molecule has 4 rings (SSSR count). The molecule has 1 aliphatic heterocycles. The van der Waals surface area contributed by atoms with Crippen molar-refractivity contribution in [3.05, 3.63) is 71.9 Å². The molecule has 0 fully saturated rings. The van der Waals surface area contributed by atoms with Gasteiger partial charge in [-0.05, 0) is 43.3 Å². The van der Waals surface area contributed by atoms with Gasteiger partial charge in [-0.2, -0.15) is 0 Å². The van der Waals surface area contributed by atoms with Crippen LogP contribution in [0.1, 0.15) is 15.9 Å². The van der Waals surface area contributed by atoms with Crippen LogP contribution in [0.25, 0.3) is 0 Å². The molecule has 1 aromatic heterocycles. The molecule has 0 atom stereocenters. The summed E-state index contributed by atoms with van der Waals surface area (Å²) in [6.45, 7) is 3.07. The zero-order chi connectivity index (χ0) is 18.6. The maximum atomic E-state index is 12.3. The van der Waals surface area contributed by atoms with E-state index in [-0.39, 0.29) is 5.91 Å². The Labute approximate surface area is 157 Å². The fourth-order valence-electron chi connectivity index (χ4n) is 2.80. The molecule has 2 N–H and O–H groups in total. The average molecular weight is 361 g/mol. The highest BCUT2D eigenvalue weighted by Gasteiger charge is 2.12. The van der Waals surface area contributed by atoms with Gasteiger partial charge in [-0.1, -0.05) is 17.7 Å². The van der Waals surface area contributed by atoms with Gasteiger partial charge in [-0.3, -0.25) is 4.79 Å². The smallest absolute Gasteiger partial charge is 0.256 e. The second-order valence-electron chi connectivity index (χ2n) is 6.24. The highest BCUT2D eigenvalue weighted by Crippen LogP contribution is 2.33. The second kappa shape index (κ2) is 7.37. The van der Waals surface area contributed by atoms with Crippen LogP contribution in [0, 0.1) is 6.92 Å². The topological polar surface area (TPSA) is 72.5 Å². The summed E-state index contributed by atoms with van der Waals surface area (Å²) in [5.74, 6) is 1.79. The van der Waals surface area contributed by atoms with Gasteiger partial charge < -0.3 is 20.1 Å². The maximum Gasteiger partial charge on any atom is 0.256 e.